The molecule has 1 aromatic carbocycles. The zero-order valence-electron chi connectivity index (χ0n) is 8.95. The Hall–Kier alpha value is -1.42. The first-order valence-corrected chi connectivity index (χ1v) is 5.45. The zero-order chi connectivity index (χ0) is 11.5. The first-order valence-electron chi connectivity index (χ1n) is 5.45. The van der Waals surface area contributed by atoms with E-state index in [-0.39, 0.29) is 17.8 Å². The Morgan fingerprint density at radius 3 is 2.69 bits per heavy atom. The molecule has 0 saturated carbocycles. The van der Waals surface area contributed by atoms with Gasteiger partial charge in [0.15, 0.2) is 0 Å². The van der Waals surface area contributed by atoms with Crippen molar-refractivity contribution in [3.8, 4) is 0 Å². The second-order valence-electron chi connectivity index (χ2n) is 4.18. The van der Waals surface area contributed by atoms with Gasteiger partial charge in [0.05, 0.1) is 6.04 Å². The topological polar surface area (TPSA) is 55.1 Å². The summed E-state index contributed by atoms with van der Waals surface area (Å²) in [5, 5.41) is 3.08. The van der Waals surface area contributed by atoms with Crippen molar-refractivity contribution in [3.63, 3.8) is 0 Å². The first-order chi connectivity index (χ1) is 7.66. The number of nitrogens with two attached hydrogens (primary N) is 1. The highest BCUT2D eigenvalue weighted by Gasteiger charge is 2.25. The number of halogens is 1. The van der Waals surface area contributed by atoms with Crippen LogP contribution in [0.5, 0.6) is 0 Å². The van der Waals surface area contributed by atoms with Crippen LogP contribution in [0.25, 0.3) is 0 Å². The predicted octanol–water partition coefficient (Wildman–Crippen LogP) is 1.15. The van der Waals surface area contributed by atoms with E-state index in [0.29, 0.717) is 12.3 Å². The van der Waals surface area contributed by atoms with Crippen LogP contribution in [0.1, 0.15) is 24.3 Å². The van der Waals surface area contributed by atoms with E-state index in [9.17, 15) is 9.18 Å². The van der Waals surface area contributed by atoms with Crippen molar-refractivity contribution in [1.29, 1.82) is 0 Å². The maximum absolute atomic E-state index is 12.8. The Labute approximate surface area is 93.8 Å². The second-order valence-corrected chi connectivity index (χ2v) is 4.18. The van der Waals surface area contributed by atoms with Crippen molar-refractivity contribution >= 4 is 5.91 Å². The van der Waals surface area contributed by atoms with Crippen LogP contribution in [0.3, 0.4) is 0 Å². The molecular weight excluding hydrogens is 207 g/mol. The van der Waals surface area contributed by atoms with E-state index in [4.69, 9.17) is 5.73 Å². The molecule has 2 rings (SSSR count). The maximum atomic E-state index is 12.8. The van der Waals surface area contributed by atoms with E-state index < -0.39 is 0 Å². The molecule has 1 fully saturated rings. The quantitative estimate of drug-likeness (QED) is 0.788. The van der Waals surface area contributed by atoms with Gasteiger partial charge in [0.1, 0.15) is 5.82 Å². The number of nitrogens with one attached hydrogen (secondary N) is 1. The molecule has 2 unspecified atom stereocenters. The van der Waals surface area contributed by atoms with Crippen molar-refractivity contribution in [2.24, 2.45) is 5.73 Å². The van der Waals surface area contributed by atoms with Crippen LogP contribution in [-0.2, 0) is 4.79 Å². The highest BCUT2D eigenvalue weighted by atomic mass is 19.1. The minimum atomic E-state index is -0.313. The Morgan fingerprint density at radius 2 is 2.06 bits per heavy atom. The van der Waals surface area contributed by atoms with Gasteiger partial charge in [0.25, 0.3) is 0 Å². The smallest absolute Gasteiger partial charge is 0.234 e. The van der Waals surface area contributed by atoms with Crippen LogP contribution in [-0.4, -0.2) is 18.5 Å². The van der Waals surface area contributed by atoms with Gasteiger partial charge in [-0.15, -0.1) is 0 Å². The molecule has 16 heavy (non-hydrogen) atoms. The van der Waals surface area contributed by atoms with Gasteiger partial charge in [-0.2, -0.15) is 0 Å². The Balaban J connectivity index is 2.09. The van der Waals surface area contributed by atoms with Gasteiger partial charge in [-0.05, 0) is 43.0 Å². The van der Waals surface area contributed by atoms with Crippen LogP contribution in [0.4, 0.5) is 4.39 Å². The molecule has 0 aromatic heterocycles. The van der Waals surface area contributed by atoms with Gasteiger partial charge < -0.3 is 11.1 Å². The van der Waals surface area contributed by atoms with Crippen molar-refractivity contribution in [2.75, 3.05) is 6.54 Å². The highest BCUT2D eigenvalue weighted by Crippen LogP contribution is 2.27. The summed E-state index contributed by atoms with van der Waals surface area (Å²) in [4.78, 5) is 11.1. The monoisotopic (exact) mass is 222 g/mol. The van der Waals surface area contributed by atoms with Crippen molar-refractivity contribution < 1.29 is 9.18 Å². The average molecular weight is 222 g/mol. The lowest BCUT2D eigenvalue weighted by molar-refractivity contribution is -0.120. The molecule has 0 spiro atoms. The lowest BCUT2D eigenvalue weighted by atomic mass is 9.86. The number of primary amides is 1. The predicted molar refractivity (Wildman–Crippen MR) is 59.4 cm³/mol. The summed E-state index contributed by atoms with van der Waals surface area (Å²) in [6, 6.07) is 6.21. The van der Waals surface area contributed by atoms with E-state index in [1.165, 1.54) is 12.1 Å². The minimum Gasteiger partial charge on any atom is -0.368 e. The number of hydrogen-bond donors (Lipinski definition) is 2. The molecule has 0 radical (unpaired) electrons. The third-order valence-corrected chi connectivity index (χ3v) is 3.09. The van der Waals surface area contributed by atoms with Gasteiger partial charge in [-0.25, -0.2) is 4.39 Å². The summed E-state index contributed by atoms with van der Waals surface area (Å²) in [5.74, 6) is -0.254. The first kappa shape index (κ1) is 11.1. The molecule has 1 aromatic rings. The summed E-state index contributed by atoms with van der Waals surface area (Å²) >= 11 is 0. The third-order valence-electron chi connectivity index (χ3n) is 3.09. The van der Waals surface area contributed by atoms with E-state index in [1.807, 2.05) is 0 Å². The number of rotatable bonds is 2. The normalized spacial score (nSPS) is 25.3. The van der Waals surface area contributed by atoms with Crippen LogP contribution in [0, 0.1) is 5.82 Å². The summed E-state index contributed by atoms with van der Waals surface area (Å²) in [5.41, 5.74) is 6.35. The van der Waals surface area contributed by atoms with Crippen LogP contribution < -0.4 is 11.1 Å². The summed E-state index contributed by atoms with van der Waals surface area (Å²) < 4.78 is 12.8. The minimum absolute atomic E-state index is 0.232. The molecule has 1 saturated heterocycles. The zero-order valence-corrected chi connectivity index (χ0v) is 8.95. The molecule has 1 heterocycles. The van der Waals surface area contributed by atoms with Gasteiger partial charge in [-0.1, -0.05) is 12.1 Å². The summed E-state index contributed by atoms with van der Waals surface area (Å²) in [7, 11) is 0. The molecule has 1 aliphatic heterocycles. The Kier molecular flexibility index (Phi) is 3.19. The van der Waals surface area contributed by atoms with E-state index in [1.54, 1.807) is 12.1 Å². The molecule has 86 valence electrons. The van der Waals surface area contributed by atoms with Crippen molar-refractivity contribution in [3.05, 3.63) is 35.6 Å². The average Bonchev–Trinajstić information content (AvgIpc) is 2.30. The fourth-order valence-electron chi connectivity index (χ4n) is 2.17. The maximum Gasteiger partial charge on any atom is 0.234 e. The SMILES string of the molecule is NC(=O)C1CC(c2ccc(F)cc2)CCN1. The van der Waals surface area contributed by atoms with Gasteiger partial charge in [0, 0.05) is 0 Å². The lowest BCUT2D eigenvalue weighted by Gasteiger charge is -2.28. The van der Waals surface area contributed by atoms with E-state index >= 15 is 0 Å². The molecule has 2 atom stereocenters. The highest BCUT2D eigenvalue weighted by molar-refractivity contribution is 5.80. The summed E-state index contributed by atoms with van der Waals surface area (Å²) in [6.45, 7) is 0.773. The fourth-order valence-corrected chi connectivity index (χ4v) is 2.17. The van der Waals surface area contributed by atoms with Gasteiger partial charge in [-0.3, -0.25) is 4.79 Å². The molecule has 1 aliphatic rings. The number of hydrogen-bond acceptors (Lipinski definition) is 2. The Morgan fingerprint density at radius 1 is 1.38 bits per heavy atom. The molecule has 0 bridgehead atoms. The number of piperidine rings is 1. The van der Waals surface area contributed by atoms with Crippen LogP contribution in [0.15, 0.2) is 24.3 Å². The van der Waals surface area contributed by atoms with E-state index in [2.05, 4.69) is 5.32 Å². The second kappa shape index (κ2) is 4.61. The Bertz CT molecular complexity index is 377. The molecular formula is C12H15FN2O. The molecule has 4 heteroatoms. The number of carbonyl (C=O) groups excluding carboxylic acids is 1. The molecule has 3 nitrogen and oxygen atoms in total. The van der Waals surface area contributed by atoms with Crippen LogP contribution >= 0.6 is 0 Å². The summed E-state index contributed by atoms with van der Waals surface area (Å²) in [6.07, 6.45) is 1.65. The molecule has 1 amide bonds. The van der Waals surface area contributed by atoms with Crippen molar-refractivity contribution in [2.45, 2.75) is 24.8 Å². The molecule has 0 aliphatic carbocycles. The lowest BCUT2D eigenvalue weighted by Crippen LogP contribution is -2.46. The van der Waals surface area contributed by atoms with Crippen LogP contribution in [0.2, 0.25) is 0 Å². The number of benzene rings is 1. The standard InChI is InChI=1S/C12H15FN2O/c13-10-3-1-8(2-4-10)9-5-6-15-11(7-9)12(14)16/h1-4,9,11,15H,5-7H2,(H2,14,16). The fraction of sp³-hybridized carbons (Fsp3) is 0.417. The third kappa shape index (κ3) is 2.39. The van der Waals surface area contributed by atoms with Crippen molar-refractivity contribution in [1.82, 2.24) is 5.32 Å². The van der Waals surface area contributed by atoms with Gasteiger partial charge in [0.2, 0.25) is 5.91 Å². The number of carbonyl (C=O) groups is 1. The molecule has 3 N–H and O–H groups in total. The number of amides is 1. The largest absolute Gasteiger partial charge is 0.368 e. The van der Waals surface area contributed by atoms with Gasteiger partial charge >= 0.3 is 0 Å². The van der Waals surface area contributed by atoms with E-state index in [0.717, 1.165) is 18.5 Å².